The zero-order valence-electron chi connectivity index (χ0n) is 10.6. The maximum atomic E-state index is 12.3. The molecule has 0 aromatic carbocycles. The van der Waals surface area contributed by atoms with Gasteiger partial charge in [-0.05, 0) is 26.0 Å². The Morgan fingerprint density at radius 2 is 2.11 bits per heavy atom. The van der Waals surface area contributed by atoms with Crippen LogP contribution in [0.5, 0.6) is 0 Å². The standard InChI is InChI=1S/C10H18N4O3S/c1-10(2,7-15)14(3)18(16,17)8-4-5-9(13-11)12-6-8/h4-6,15H,7,11H2,1-3H3,(H,12,13). The number of anilines is 1. The number of rotatable bonds is 5. The molecule has 0 atom stereocenters. The van der Waals surface area contributed by atoms with Crippen LogP contribution in [-0.2, 0) is 10.0 Å². The van der Waals surface area contributed by atoms with Crippen LogP contribution >= 0.6 is 0 Å². The largest absolute Gasteiger partial charge is 0.394 e. The van der Waals surface area contributed by atoms with Crippen molar-refractivity contribution in [2.75, 3.05) is 19.1 Å². The lowest BCUT2D eigenvalue weighted by atomic mass is 10.1. The molecular formula is C10H18N4O3S. The van der Waals surface area contributed by atoms with Gasteiger partial charge in [0, 0.05) is 13.2 Å². The summed E-state index contributed by atoms with van der Waals surface area (Å²) in [6.45, 7) is 2.99. The van der Waals surface area contributed by atoms with E-state index in [-0.39, 0.29) is 11.5 Å². The van der Waals surface area contributed by atoms with Crippen LogP contribution in [-0.4, -0.2) is 42.0 Å². The Bertz CT molecular complexity index is 498. The second-order valence-electron chi connectivity index (χ2n) is 4.47. The highest BCUT2D eigenvalue weighted by Crippen LogP contribution is 2.22. The van der Waals surface area contributed by atoms with Crippen LogP contribution in [0.1, 0.15) is 13.8 Å². The molecule has 0 unspecified atom stereocenters. The molecule has 1 rings (SSSR count). The van der Waals surface area contributed by atoms with E-state index in [1.165, 1.54) is 25.4 Å². The first-order chi connectivity index (χ1) is 8.25. The summed E-state index contributed by atoms with van der Waals surface area (Å²) in [6.07, 6.45) is 1.22. The van der Waals surface area contributed by atoms with Crippen LogP contribution in [0.15, 0.2) is 23.2 Å². The van der Waals surface area contributed by atoms with E-state index in [4.69, 9.17) is 5.84 Å². The molecule has 0 saturated carbocycles. The normalized spacial score (nSPS) is 12.8. The zero-order chi connectivity index (χ0) is 14.0. The van der Waals surface area contributed by atoms with Gasteiger partial charge in [-0.2, -0.15) is 4.31 Å². The Labute approximate surface area is 107 Å². The molecule has 1 aromatic heterocycles. The number of pyridine rings is 1. The summed E-state index contributed by atoms with van der Waals surface area (Å²) >= 11 is 0. The molecule has 0 amide bonds. The molecule has 102 valence electrons. The number of aliphatic hydroxyl groups is 1. The third-order valence-electron chi connectivity index (χ3n) is 2.78. The summed E-state index contributed by atoms with van der Waals surface area (Å²) in [5.74, 6) is 5.53. The van der Waals surface area contributed by atoms with Crippen molar-refractivity contribution >= 4 is 15.8 Å². The highest BCUT2D eigenvalue weighted by molar-refractivity contribution is 7.89. The first-order valence-electron chi connectivity index (χ1n) is 5.28. The highest BCUT2D eigenvalue weighted by Gasteiger charge is 2.33. The summed E-state index contributed by atoms with van der Waals surface area (Å²) < 4.78 is 25.6. The SMILES string of the molecule is CN(C(C)(C)CO)S(=O)(=O)c1ccc(NN)nc1. The summed E-state index contributed by atoms with van der Waals surface area (Å²) in [5, 5.41) is 9.21. The lowest BCUT2D eigenvalue weighted by molar-refractivity contribution is 0.138. The predicted octanol–water partition coefficient (Wildman–Crippen LogP) is -0.241. The van der Waals surface area contributed by atoms with Gasteiger partial charge in [-0.15, -0.1) is 0 Å². The minimum Gasteiger partial charge on any atom is -0.394 e. The smallest absolute Gasteiger partial charge is 0.244 e. The van der Waals surface area contributed by atoms with Gasteiger partial charge in [-0.1, -0.05) is 0 Å². The van der Waals surface area contributed by atoms with E-state index in [0.29, 0.717) is 5.82 Å². The van der Waals surface area contributed by atoms with Gasteiger partial charge in [0.05, 0.1) is 12.1 Å². The number of hydrogen-bond acceptors (Lipinski definition) is 6. The quantitative estimate of drug-likeness (QED) is 0.505. The number of sulfonamides is 1. The van der Waals surface area contributed by atoms with Gasteiger partial charge >= 0.3 is 0 Å². The van der Waals surface area contributed by atoms with Crippen LogP contribution in [0.25, 0.3) is 0 Å². The fraction of sp³-hybridized carbons (Fsp3) is 0.500. The molecule has 7 nitrogen and oxygen atoms in total. The molecular weight excluding hydrogens is 256 g/mol. The fourth-order valence-corrected chi connectivity index (χ4v) is 2.65. The topological polar surface area (TPSA) is 109 Å². The third kappa shape index (κ3) is 2.78. The van der Waals surface area contributed by atoms with Gasteiger partial charge in [0.1, 0.15) is 10.7 Å². The number of nitrogens with zero attached hydrogens (tertiary/aromatic N) is 2. The number of hydrazine groups is 1. The summed E-state index contributed by atoms with van der Waals surface area (Å²) in [5.41, 5.74) is 1.43. The molecule has 1 heterocycles. The van der Waals surface area contributed by atoms with Crippen LogP contribution in [0.3, 0.4) is 0 Å². The molecule has 0 fully saturated rings. The molecule has 0 radical (unpaired) electrons. The van der Waals surface area contributed by atoms with Crippen molar-refractivity contribution < 1.29 is 13.5 Å². The van der Waals surface area contributed by atoms with E-state index in [1.54, 1.807) is 13.8 Å². The molecule has 0 aliphatic carbocycles. The van der Waals surface area contributed by atoms with Crippen molar-refractivity contribution in [2.24, 2.45) is 5.84 Å². The van der Waals surface area contributed by atoms with E-state index in [1.807, 2.05) is 0 Å². The first-order valence-corrected chi connectivity index (χ1v) is 6.72. The van der Waals surface area contributed by atoms with Crippen LogP contribution in [0, 0.1) is 0 Å². The number of aromatic nitrogens is 1. The average molecular weight is 274 g/mol. The average Bonchev–Trinajstić information content (AvgIpc) is 2.37. The Kier molecular flexibility index (Phi) is 4.28. The van der Waals surface area contributed by atoms with Gasteiger partial charge in [-0.25, -0.2) is 19.2 Å². The van der Waals surface area contributed by atoms with Crippen molar-refractivity contribution in [3.8, 4) is 0 Å². The van der Waals surface area contributed by atoms with Crippen LogP contribution in [0.2, 0.25) is 0 Å². The Balaban J connectivity index is 3.13. The Morgan fingerprint density at radius 1 is 1.50 bits per heavy atom. The van der Waals surface area contributed by atoms with E-state index >= 15 is 0 Å². The van der Waals surface area contributed by atoms with E-state index in [0.717, 1.165) is 4.31 Å². The van der Waals surface area contributed by atoms with Crippen molar-refractivity contribution in [1.82, 2.24) is 9.29 Å². The molecule has 0 bridgehead atoms. The third-order valence-corrected chi connectivity index (χ3v) is 4.83. The Morgan fingerprint density at radius 3 is 2.50 bits per heavy atom. The predicted molar refractivity (Wildman–Crippen MR) is 68.2 cm³/mol. The number of hydrogen-bond donors (Lipinski definition) is 3. The molecule has 0 aliphatic heterocycles. The van der Waals surface area contributed by atoms with Crippen molar-refractivity contribution in [3.63, 3.8) is 0 Å². The summed E-state index contributed by atoms with van der Waals surface area (Å²) in [6, 6.07) is 2.87. The monoisotopic (exact) mass is 274 g/mol. The van der Waals surface area contributed by atoms with E-state index < -0.39 is 15.6 Å². The van der Waals surface area contributed by atoms with E-state index in [9.17, 15) is 13.5 Å². The highest BCUT2D eigenvalue weighted by atomic mass is 32.2. The molecule has 0 saturated heterocycles. The van der Waals surface area contributed by atoms with Gasteiger partial charge < -0.3 is 10.5 Å². The number of nitrogen functional groups attached to an aromatic ring is 1. The molecule has 4 N–H and O–H groups in total. The summed E-state index contributed by atoms with van der Waals surface area (Å²) in [7, 11) is -2.27. The van der Waals surface area contributed by atoms with Gasteiger partial charge in [-0.3, -0.25) is 0 Å². The first kappa shape index (κ1) is 14.8. The second-order valence-corrected chi connectivity index (χ2v) is 6.44. The minimum absolute atomic E-state index is 0.0468. The number of aliphatic hydroxyl groups excluding tert-OH is 1. The van der Waals surface area contributed by atoms with Crippen molar-refractivity contribution in [2.45, 2.75) is 24.3 Å². The van der Waals surface area contributed by atoms with Crippen molar-refractivity contribution in [1.29, 1.82) is 0 Å². The fourth-order valence-electron chi connectivity index (χ4n) is 1.20. The van der Waals surface area contributed by atoms with Gasteiger partial charge in [0.2, 0.25) is 10.0 Å². The summed E-state index contributed by atoms with van der Waals surface area (Å²) in [4.78, 5) is 3.90. The Hall–Kier alpha value is -1.22. The van der Waals surface area contributed by atoms with Crippen LogP contribution in [0.4, 0.5) is 5.82 Å². The second kappa shape index (κ2) is 5.19. The molecule has 0 spiro atoms. The number of nitrogens with one attached hydrogen (secondary N) is 1. The molecule has 1 aromatic rings. The van der Waals surface area contributed by atoms with Gasteiger partial charge in [0.25, 0.3) is 0 Å². The lowest BCUT2D eigenvalue weighted by Gasteiger charge is -2.32. The molecule has 0 aliphatic rings. The lowest BCUT2D eigenvalue weighted by Crippen LogP contribution is -2.47. The maximum Gasteiger partial charge on any atom is 0.244 e. The molecule has 18 heavy (non-hydrogen) atoms. The van der Waals surface area contributed by atoms with Crippen molar-refractivity contribution in [3.05, 3.63) is 18.3 Å². The zero-order valence-corrected chi connectivity index (χ0v) is 11.4. The minimum atomic E-state index is -3.69. The van der Waals surface area contributed by atoms with Gasteiger partial charge in [0.15, 0.2) is 0 Å². The maximum absolute atomic E-state index is 12.3. The van der Waals surface area contributed by atoms with Crippen LogP contribution < -0.4 is 11.3 Å². The number of likely N-dealkylation sites (N-methyl/N-ethyl adjacent to an activating group) is 1. The van der Waals surface area contributed by atoms with E-state index in [2.05, 4.69) is 10.4 Å². The number of nitrogens with two attached hydrogens (primary N) is 1. The molecule has 8 heteroatoms.